The van der Waals surface area contributed by atoms with Crippen LogP contribution in [0.5, 0.6) is 0 Å². The molecule has 0 saturated heterocycles. The van der Waals surface area contributed by atoms with Gasteiger partial charge in [0.2, 0.25) is 0 Å². The van der Waals surface area contributed by atoms with E-state index in [1.54, 1.807) is 0 Å². The fraction of sp³-hybridized carbons (Fsp3) is 0.200. The van der Waals surface area contributed by atoms with Crippen molar-refractivity contribution in [2.75, 3.05) is 7.11 Å². The van der Waals surface area contributed by atoms with Crippen LogP contribution in [0.4, 0.5) is 0 Å². The lowest BCUT2D eigenvalue weighted by molar-refractivity contribution is -0.133. The van der Waals surface area contributed by atoms with Crippen molar-refractivity contribution in [1.29, 1.82) is 0 Å². The molecule has 0 amide bonds. The van der Waals surface area contributed by atoms with Crippen LogP contribution in [0.1, 0.15) is 21.8 Å². The zero-order valence-electron chi connectivity index (χ0n) is 11.1. The number of esters is 1. The minimum absolute atomic E-state index is 0.365. The summed E-state index contributed by atoms with van der Waals surface area (Å²) in [6.07, 6.45) is 1.82. The highest BCUT2D eigenvalue weighted by Gasteiger charge is 2.15. The zero-order chi connectivity index (χ0) is 13.8. The highest BCUT2D eigenvalue weighted by molar-refractivity contribution is 7.11. The number of carbonyl (C=O) groups is 1. The van der Waals surface area contributed by atoms with E-state index in [-0.39, 0.29) is 5.97 Å². The molecule has 2 rings (SSSR count). The first-order chi connectivity index (χ1) is 9.10. The van der Waals surface area contributed by atoms with Crippen molar-refractivity contribution in [3.8, 4) is 0 Å². The minimum atomic E-state index is -0.365. The standard InChI is InChI=1S/C15H15NO2S/c1-10-5-4-6-12(7-10)8-13(15(17)18-3)14-16-11(2)9-19-14/h4-9H,1-3H3/b13-8-. The van der Waals surface area contributed by atoms with Crippen LogP contribution in [-0.4, -0.2) is 18.1 Å². The van der Waals surface area contributed by atoms with Crippen LogP contribution in [0, 0.1) is 13.8 Å². The summed E-state index contributed by atoms with van der Waals surface area (Å²) in [6.45, 7) is 3.92. The second kappa shape index (κ2) is 5.80. The summed E-state index contributed by atoms with van der Waals surface area (Å²) in [5.41, 5.74) is 3.51. The molecule has 0 aliphatic heterocycles. The number of hydrogen-bond acceptors (Lipinski definition) is 4. The summed E-state index contributed by atoms with van der Waals surface area (Å²) >= 11 is 1.44. The first-order valence-corrected chi connectivity index (χ1v) is 6.77. The molecule has 0 aliphatic carbocycles. The molecule has 98 valence electrons. The highest BCUT2D eigenvalue weighted by Crippen LogP contribution is 2.23. The zero-order valence-corrected chi connectivity index (χ0v) is 12.0. The van der Waals surface area contributed by atoms with Gasteiger partial charge in [0.15, 0.2) is 0 Å². The average molecular weight is 273 g/mol. The Kier molecular flexibility index (Phi) is 4.12. The van der Waals surface area contributed by atoms with E-state index in [9.17, 15) is 4.79 Å². The smallest absolute Gasteiger partial charge is 0.340 e. The van der Waals surface area contributed by atoms with Crippen molar-refractivity contribution < 1.29 is 9.53 Å². The number of methoxy groups -OCH3 is 1. The van der Waals surface area contributed by atoms with Gasteiger partial charge in [-0.25, -0.2) is 9.78 Å². The molecule has 0 saturated carbocycles. The molecule has 0 N–H and O–H groups in total. The predicted molar refractivity (Wildman–Crippen MR) is 77.9 cm³/mol. The predicted octanol–water partition coefficient (Wildman–Crippen LogP) is 3.47. The fourth-order valence-corrected chi connectivity index (χ4v) is 2.52. The lowest BCUT2D eigenvalue weighted by atomic mass is 10.1. The largest absolute Gasteiger partial charge is 0.465 e. The molecule has 0 spiro atoms. The van der Waals surface area contributed by atoms with E-state index in [1.165, 1.54) is 18.4 Å². The van der Waals surface area contributed by atoms with Gasteiger partial charge in [-0.05, 0) is 25.5 Å². The quantitative estimate of drug-likeness (QED) is 0.635. The molecule has 3 nitrogen and oxygen atoms in total. The Morgan fingerprint density at radius 1 is 1.37 bits per heavy atom. The lowest BCUT2D eigenvalue weighted by Gasteiger charge is -2.03. The second-order valence-electron chi connectivity index (χ2n) is 4.26. The number of nitrogens with zero attached hydrogens (tertiary/aromatic N) is 1. The van der Waals surface area contributed by atoms with Crippen LogP contribution in [0.25, 0.3) is 11.6 Å². The van der Waals surface area contributed by atoms with Gasteiger partial charge in [-0.1, -0.05) is 29.8 Å². The molecular formula is C15H15NO2S. The Hall–Kier alpha value is -1.94. The number of hydrogen-bond donors (Lipinski definition) is 0. The number of rotatable bonds is 3. The van der Waals surface area contributed by atoms with E-state index in [1.807, 2.05) is 49.6 Å². The minimum Gasteiger partial charge on any atom is -0.465 e. The van der Waals surface area contributed by atoms with E-state index in [0.29, 0.717) is 10.6 Å². The van der Waals surface area contributed by atoms with Crippen LogP contribution in [0.3, 0.4) is 0 Å². The van der Waals surface area contributed by atoms with Crippen LogP contribution < -0.4 is 0 Å². The van der Waals surface area contributed by atoms with Gasteiger partial charge in [0.1, 0.15) is 5.01 Å². The third-order valence-electron chi connectivity index (χ3n) is 2.61. The summed E-state index contributed by atoms with van der Waals surface area (Å²) in [5.74, 6) is -0.365. The Balaban J connectivity index is 2.46. The lowest BCUT2D eigenvalue weighted by Crippen LogP contribution is -2.03. The Labute approximate surface area is 116 Å². The number of thiazole rings is 1. The third kappa shape index (κ3) is 3.29. The number of benzene rings is 1. The molecule has 1 aromatic heterocycles. The number of aryl methyl sites for hydroxylation is 2. The van der Waals surface area contributed by atoms with Gasteiger partial charge < -0.3 is 4.74 Å². The van der Waals surface area contributed by atoms with E-state index in [2.05, 4.69) is 4.98 Å². The van der Waals surface area contributed by atoms with E-state index < -0.39 is 0 Å². The Morgan fingerprint density at radius 3 is 2.74 bits per heavy atom. The van der Waals surface area contributed by atoms with Gasteiger partial charge in [0, 0.05) is 11.1 Å². The molecule has 1 heterocycles. The normalized spacial score (nSPS) is 11.4. The molecule has 0 aliphatic rings. The van der Waals surface area contributed by atoms with Gasteiger partial charge in [0.05, 0.1) is 12.7 Å². The Bertz CT molecular complexity index is 629. The molecule has 0 unspecified atom stereocenters. The number of carbonyl (C=O) groups excluding carboxylic acids is 1. The molecule has 19 heavy (non-hydrogen) atoms. The summed E-state index contributed by atoms with van der Waals surface area (Å²) in [5, 5.41) is 2.60. The van der Waals surface area contributed by atoms with Gasteiger partial charge in [-0.3, -0.25) is 0 Å². The van der Waals surface area contributed by atoms with Crippen LogP contribution >= 0.6 is 11.3 Å². The monoisotopic (exact) mass is 273 g/mol. The molecule has 1 aromatic carbocycles. The van der Waals surface area contributed by atoms with Crippen molar-refractivity contribution in [1.82, 2.24) is 4.98 Å². The topological polar surface area (TPSA) is 39.2 Å². The van der Waals surface area contributed by atoms with Gasteiger partial charge in [-0.2, -0.15) is 0 Å². The first kappa shape index (κ1) is 13.5. The maximum atomic E-state index is 11.9. The molecule has 0 radical (unpaired) electrons. The molecule has 0 atom stereocenters. The molecule has 4 heteroatoms. The molecule has 0 bridgehead atoms. The second-order valence-corrected chi connectivity index (χ2v) is 5.12. The van der Waals surface area contributed by atoms with E-state index >= 15 is 0 Å². The highest BCUT2D eigenvalue weighted by atomic mass is 32.1. The number of aromatic nitrogens is 1. The maximum Gasteiger partial charge on any atom is 0.340 e. The van der Waals surface area contributed by atoms with E-state index in [0.717, 1.165) is 16.8 Å². The van der Waals surface area contributed by atoms with Crippen LogP contribution in [0.2, 0.25) is 0 Å². The van der Waals surface area contributed by atoms with Gasteiger partial charge in [-0.15, -0.1) is 11.3 Å². The van der Waals surface area contributed by atoms with Crippen LogP contribution in [0.15, 0.2) is 29.6 Å². The van der Waals surface area contributed by atoms with Crippen LogP contribution in [-0.2, 0) is 9.53 Å². The summed E-state index contributed by atoms with van der Waals surface area (Å²) in [6, 6.07) is 7.95. The molecular weight excluding hydrogens is 258 g/mol. The van der Waals surface area contributed by atoms with Gasteiger partial charge in [0.25, 0.3) is 0 Å². The average Bonchev–Trinajstić information content (AvgIpc) is 2.81. The number of ether oxygens (including phenoxy) is 1. The van der Waals surface area contributed by atoms with Crippen molar-refractivity contribution in [3.63, 3.8) is 0 Å². The van der Waals surface area contributed by atoms with E-state index in [4.69, 9.17) is 4.74 Å². The van der Waals surface area contributed by atoms with Gasteiger partial charge >= 0.3 is 5.97 Å². The van der Waals surface area contributed by atoms with Crippen molar-refractivity contribution >= 4 is 29.0 Å². The fourth-order valence-electron chi connectivity index (χ4n) is 1.72. The summed E-state index contributed by atoms with van der Waals surface area (Å²) < 4.78 is 4.84. The third-order valence-corrected chi connectivity index (χ3v) is 3.60. The summed E-state index contributed by atoms with van der Waals surface area (Å²) in [4.78, 5) is 16.2. The summed E-state index contributed by atoms with van der Waals surface area (Å²) in [7, 11) is 1.38. The Morgan fingerprint density at radius 2 is 2.16 bits per heavy atom. The molecule has 2 aromatic rings. The maximum absolute atomic E-state index is 11.9. The van der Waals surface area contributed by atoms with Crippen molar-refractivity contribution in [2.45, 2.75) is 13.8 Å². The van der Waals surface area contributed by atoms with Crippen molar-refractivity contribution in [2.24, 2.45) is 0 Å². The van der Waals surface area contributed by atoms with Crippen molar-refractivity contribution in [3.05, 3.63) is 51.5 Å². The SMILES string of the molecule is COC(=O)/C(=C\c1cccc(C)c1)c1nc(C)cs1. The molecule has 0 fully saturated rings. The first-order valence-electron chi connectivity index (χ1n) is 5.89.